The SMILES string of the molecule is CNC(=O)/C(C#N)=C\c1ccc(-c2ccc(Br)cc2C(=O)O)o1. The van der Waals surface area contributed by atoms with Gasteiger partial charge in [0.15, 0.2) is 0 Å². The number of benzene rings is 1. The van der Waals surface area contributed by atoms with Crippen molar-refractivity contribution in [2.75, 3.05) is 7.05 Å². The van der Waals surface area contributed by atoms with E-state index in [4.69, 9.17) is 9.68 Å². The Morgan fingerprint density at radius 2 is 2.09 bits per heavy atom. The van der Waals surface area contributed by atoms with Gasteiger partial charge in [-0.05, 0) is 30.3 Å². The van der Waals surface area contributed by atoms with Crippen molar-refractivity contribution in [3.63, 3.8) is 0 Å². The highest BCUT2D eigenvalue weighted by atomic mass is 79.9. The monoisotopic (exact) mass is 374 g/mol. The lowest BCUT2D eigenvalue weighted by Gasteiger charge is -2.03. The first-order chi connectivity index (χ1) is 11.0. The largest absolute Gasteiger partial charge is 0.478 e. The number of carbonyl (C=O) groups is 2. The second-order valence-electron chi connectivity index (χ2n) is 4.45. The van der Waals surface area contributed by atoms with Crippen LogP contribution in [-0.2, 0) is 4.79 Å². The molecule has 1 aromatic heterocycles. The fraction of sp³-hybridized carbons (Fsp3) is 0.0625. The van der Waals surface area contributed by atoms with E-state index in [0.29, 0.717) is 15.8 Å². The van der Waals surface area contributed by atoms with Gasteiger partial charge in [0.25, 0.3) is 5.91 Å². The quantitative estimate of drug-likeness (QED) is 0.632. The van der Waals surface area contributed by atoms with Crippen molar-refractivity contribution < 1.29 is 19.1 Å². The van der Waals surface area contributed by atoms with Gasteiger partial charge < -0.3 is 14.8 Å². The lowest BCUT2D eigenvalue weighted by molar-refractivity contribution is -0.116. The van der Waals surface area contributed by atoms with Gasteiger partial charge >= 0.3 is 5.97 Å². The maximum Gasteiger partial charge on any atom is 0.336 e. The average molecular weight is 375 g/mol. The first kappa shape index (κ1) is 16.5. The molecule has 0 fully saturated rings. The summed E-state index contributed by atoms with van der Waals surface area (Å²) in [7, 11) is 1.42. The lowest BCUT2D eigenvalue weighted by Crippen LogP contribution is -2.18. The standard InChI is InChI=1S/C16H11BrN2O4/c1-19-15(20)9(8-18)6-11-3-5-14(23-11)12-4-2-10(17)7-13(12)16(21)22/h2-7H,1H3,(H,19,20)(H,21,22)/b9-6-. The fourth-order valence-corrected chi connectivity index (χ4v) is 2.27. The number of carboxylic acids is 1. The first-order valence-electron chi connectivity index (χ1n) is 6.43. The number of amides is 1. The normalized spacial score (nSPS) is 10.9. The lowest BCUT2D eigenvalue weighted by atomic mass is 10.1. The zero-order chi connectivity index (χ0) is 17.0. The van der Waals surface area contributed by atoms with Crippen molar-refractivity contribution in [1.29, 1.82) is 5.26 Å². The first-order valence-corrected chi connectivity index (χ1v) is 7.22. The topological polar surface area (TPSA) is 103 Å². The van der Waals surface area contributed by atoms with Crippen LogP contribution in [0.1, 0.15) is 16.1 Å². The van der Waals surface area contributed by atoms with E-state index in [9.17, 15) is 14.7 Å². The molecule has 1 aromatic carbocycles. The molecule has 0 atom stereocenters. The third kappa shape index (κ3) is 3.67. The Labute approximate surface area is 140 Å². The highest BCUT2D eigenvalue weighted by molar-refractivity contribution is 9.10. The molecule has 0 spiro atoms. The minimum absolute atomic E-state index is 0.0797. The molecule has 2 aromatic rings. The number of carboxylic acid groups (broad SMARTS) is 1. The number of nitriles is 1. The van der Waals surface area contributed by atoms with E-state index in [0.717, 1.165) is 0 Å². The van der Waals surface area contributed by atoms with Gasteiger partial charge in [-0.25, -0.2) is 4.79 Å². The highest BCUT2D eigenvalue weighted by Crippen LogP contribution is 2.29. The molecule has 116 valence electrons. The summed E-state index contributed by atoms with van der Waals surface area (Å²) in [4.78, 5) is 22.8. The minimum Gasteiger partial charge on any atom is -0.478 e. The molecule has 7 heteroatoms. The molecule has 0 saturated carbocycles. The maximum absolute atomic E-state index is 11.5. The molecule has 2 rings (SSSR count). The zero-order valence-electron chi connectivity index (χ0n) is 12.0. The summed E-state index contributed by atoms with van der Waals surface area (Å²) in [6.45, 7) is 0. The number of halogens is 1. The highest BCUT2D eigenvalue weighted by Gasteiger charge is 2.15. The summed E-state index contributed by atoms with van der Waals surface area (Å²) >= 11 is 3.22. The second-order valence-corrected chi connectivity index (χ2v) is 5.36. The molecule has 0 aliphatic carbocycles. The molecule has 6 nitrogen and oxygen atoms in total. The van der Waals surface area contributed by atoms with Crippen LogP contribution in [0.25, 0.3) is 17.4 Å². The Morgan fingerprint density at radius 3 is 2.70 bits per heavy atom. The van der Waals surface area contributed by atoms with Crippen LogP contribution in [0.3, 0.4) is 0 Å². The van der Waals surface area contributed by atoms with Gasteiger partial charge in [0.05, 0.1) is 5.56 Å². The summed E-state index contributed by atoms with van der Waals surface area (Å²) in [5.41, 5.74) is 0.373. The Bertz CT molecular complexity index is 846. The number of likely N-dealkylation sites (N-methyl/N-ethyl adjacent to an activating group) is 1. The zero-order valence-corrected chi connectivity index (χ0v) is 13.5. The molecular formula is C16H11BrN2O4. The van der Waals surface area contributed by atoms with Crippen LogP contribution in [0.2, 0.25) is 0 Å². The number of nitrogens with one attached hydrogen (secondary N) is 1. The van der Waals surface area contributed by atoms with Crippen LogP contribution in [-0.4, -0.2) is 24.0 Å². The van der Waals surface area contributed by atoms with E-state index in [1.165, 1.54) is 19.2 Å². The van der Waals surface area contributed by atoms with Crippen molar-refractivity contribution in [1.82, 2.24) is 5.32 Å². The molecule has 23 heavy (non-hydrogen) atoms. The van der Waals surface area contributed by atoms with Gasteiger partial charge in [-0.3, -0.25) is 4.79 Å². The van der Waals surface area contributed by atoms with E-state index in [1.807, 2.05) is 0 Å². The third-order valence-electron chi connectivity index (χ3n) is 2.98. The third-order valence-corrected chi connectivity index (χ3v) is 3.48. The van der Waals surface area contributed by atoms with Crippen LogP contribution in [0.15, 0.2) is 44.8 Å². The van der Waals surface area contributed by atoms with Crippen molar-refractivity contribution >= 4 is 33.9 Å². The van der Waals surface area contributed by atoms with Gasteiger partial charge in [0, 0.05) is 23.2 Å². The Balaban J connectivity index is 2.45. The molecule has 1 heterocycles. The number of hydrogen-bond donors (Lipinski definition) is 2. The molecular weight excluding hydrogens is 364 g/mol. The summed E-state index contributed by atoms with van der Waals surface area (Å²) in [6, 6.07) is 9.71. The molecule has 0 radical (unpaired) electrons. The van der Waals surface area contributed by atoms with Crippen LogP contribution in [0.4, 0.5) is 0 Å². The van der Waals surface area contributed by atoms with E-state index < -0.39 is 11.9 Å². The summed E-state index contributed by atoms with van der Waals surface area (Å²) in [5, 5.41) is 20.6. The van der Waals surface area contributed by atoms with Crippen molar-refractivity contribution in [3.8, 4) is 17.4 Å². The molecule has 0 unspecified atom stereocenters. The van der Waals surface area contributed by atoms with E-state index in [2.05, 4.69) is 21.2 Å². The van der Waals surface area contributed by atoms with Crippen LogP contribution in [0, 0.1) is 11.3 Å². The van der Waals surface area contributed by atoms with Crippen molar-refractivity contribution in [2.24, 2.45) is 0 Å². The van der Waals surface area contributed by atoms with E-state index >= 15 is 0 Å². The fourth-order valence-electron chi connectivity index (χ4n) is 1.91. The van der Waals surface area contributed by atoms with Crippen LogP contribution < -0.4 is 5.32 Å². The van der Waals surface area contributed by atoms with Crippen LogP contribution in [0.5, 0.6) is 0 Å². The van der Waals surface area contributed by atoms with Gasteiger partial charge in [0.2, 0.25) is 0 Å². The number of nitrogens with zero attached hydrogens (tertiary/aromatic N) is 1. The maximum atomic E-state index is 11.5. The molecule has 1 amide bonds. The average Bonchev–Trinajstić information content (AvgIpc) is 3.00. The molecule has 2 N–H and O–H groups in total. The summed E-state index contributed by atoms with van der Waals surface area (Å²) < 4.78 is 6.18. The predicted molar refractivity (Wildman–Crippen MR) is 86.5 cm³/mol. The summed E-state index contributed by atoms with van der Waals surface area (Å²) in [6.07, 6.45) is 1.29. The van der Waals surface area contributed by atoms with Gasteiger partial charge in [-0.2, -0.15) is 5.26 Å². The van der Waals surface area contributed by atoms with Crippen molar-refractivity contribution in [3.05, 3.63) is 51.7 Å². The number of furan rings is 1. The van der Waals surface area contributed by atoms with E-state index in [-0.39, 0.29) is 16.9 Å². The number of hydrogen-bond acceptors (Lipinski definition) is 4. The van der Waals surface area contributed by atoms with Crippen molar-refractivity contribution in [2.45, 2.75) is 0 Å². The molecule has 0 aliphatic rings. The van der Waals surface area contributed by atoms with Crippen LogP contribution >= 0.6 is 15.9 Å². The van der Waals surface area contributed by atoms with E-state index in [1.54, 1.807) is 30.3 Å². The number of carbonyl (C=O) groups excluding carboxylic acids is 1. The molecule has 0 saturated heterocycles. The molecule has 0 aliphatic heterocycles. The Hall–Kier alpha value is -2.85. The summed E-state index contributed by atoms with van der Waals surface area (Å²) in [5.74, 6) is -1.01. The van der Waals surface area contributed by atoms with Gasteiger partial charge in [-0.1, -0.05) is 15.9 Å². The predicted octanol–water partition coefficient (Wildman–Crippen LogP) is 3.06. The number of aromatic carboxylic acids is 1. The minimum atomic E-state index is -1.09. The van der Waals surface area contributed by atoms with Gasteiger partial charge in [0.1, 0.15) is 23.2 Å². The Morgan fingerprint density at radius 1 is 1.35 bits per heavy atom. The second kappa shape index (κ2) is 6.94. The van der Waals surface area contributed by atoms with Gasteiger partial charge in [-0.15, -0.1) is 0 Å². The molecule has 0 bridgehead atoms. The smallest absolute Gasteiger partial charge is 0.336 e. The number of rotatable bonds is 4. The Kier molecular flexibility index (Phi) is 4.98.